The number of hydrogen-bond donors (Lipinski definition) is 1. The van der Waals surface area contributed by atoms with Gasteiger partial charge >= 0.3 is 12.1 Å². The number of benzene rings is 3. The predicted molar refractivity (Wildman–Crippen MR) is 81.1 cm³/mol. The Morgan fingerprint density at radius 3 is 2.32 bits per heavy atom. The average Bonchev–Trinajstić information content (AvgIpc) is 2.44. The maximum Gasteiger partial charge on any atom is 0.416 e. The second-order valence-electron chi connectivity index (χ2n) is 4.85. The summed E-state index contributed by atoms with van der Waals surface area (Å²) in [4.78, 5) is 11.4. The molecule has 3 aromatic rings. The van der Waals surface area contributed by atoms with E-state index in [-0.39, 0.29) is 16.3 Å². The third-order valence-corrected chi connectivity index (χ3v) is 3.97. The fourth-order valence-corrected chi connectivity index (χ4v) is 2.84. The summed E-state index contributed by atoms with van der Waals surface area (Å²) in [5.74, 6) is -1.17. The molecule has 0 radical (unpaired) electrons. The minimum atomic E-state index is -4.48. The molecule has 6 heteroatoms. The molecular weight excluding hydrogens is 361 g/mol. The van der Waals surface area contributed by atoms with Crippen molar-refractivity contribution in [2.45, 2.75) is 6.18 Å². The van der Waals surface area contributed by atoms with Gasteiger partial charge in [0.1, 0.15) is 0 Å². The van der Waals surface area contributed by atoms with Crippen LogP contribution in [0.3, 0.4) is 0 Å². The Hall–Kier alpha value is -2.08. The van der Waals surface area contributed by atoms with Crippen LogP contribution in [-0.4, -0.2) is 11.1 Å². The molecule has 0 aliphatic carbocycles. The van der Waals surface area contributed by atoms with Crippen molar-refractivity contribution in [2.75, 3.05) is 0 Å². The molecule has 0 saturated carbocycles. The Labute approximate surface area is 131 Å². The summed E-state index contributed by atoms with van der Waals surface area (Å²) >= 11 is 3.29. The lowest BCUT2D eigenvalue weighted by molar-refractivity contribution is -0.137. The standard InChI is InChI=1S/C16H8BrF3O2/c17-10-3-1-8-5-14(15(21)22)11-4-2-9(16(18,19)20)6-13(11)12(8)7-10/h1-7H,(H,21,22). The van der Waals surface area contributed by atoms with Crippen molar-refractivity contribution >= 4 is 43.4 Å². The van der Waals surface area contributed by atoms with Crippen LogP contribution in [-0.2, 0) is 6.18 Å². The number of fused-ring (bicyclic) bond motifs is 3. The van der Waals surface area contributed by atoms with E-state index in [2.05, 4.69) is 15.9 Å². The number of halogens is 4. The summed E-state index contributed by atoms with van der Waals surface area (Å²) < 4.78 is 39.5. The minimum absolute atomic E-state index is 0.0152. The molecule has 0 amide bonds. The molecule has 112 valence electrons. The van der Waals surface area contributed by atoms with E-state index in [4.69, 9.17) is 0 Å². The normalized spacial score (nSPS) is 12.0. The highest BCUT2D eigenvalue weighted by Gasteiger charge is 2.31. The van der Waals surface area contributed by atoms with Gasteiger partial charge in [0.15, 0.2) is 0 Å². The van der Waals surface area contributed by atoms with E-state index >= 15 is 0 Å². The van der Waals surface area contributed by atoms with E-state index in [0.717, 1.165) is 12.1 Å². The van der Waals surface area contributed by atoms with Crippen LogP contribution in [0.1, 0.15) is 15.9 Å². The Bertz CT molecular complexity index is 917. The van der Waals surface area contributed by atoms with Gasteiger partial charge in [0.2, 0.25) is 0 Å². The van der Waals surface area contributed by atoms with E-state index in [1.807, 2.05) is 0 Å². The summed E-state index contributed by atoms with van der Waals surface area (Å²) in [5.41, 5.74) is -0.817. The maximum absolute atomic E-state index is 12.9. The highest BCUT2D eigenvalue weighted by Crippen LogP contribution is 2.36. The zero-order valence-corrected chi connectivity index (χ0v) is 12.5. The van der Waals surface area contributed by atoms with E-state index in [1.54, 1.807) is 18.2 Å². The molecular formula is C16H8BrF3O2. The van der Waals surface area contributed by atoms with Crippen molar-refractivity contribution in [2.24, 2.45) is 0 Å². The van der Waals surface area contributed by atoms with Crippen LogP contribution in [0.5, 0.6) is 0 Å². The Kier molecular flexibility index (Phi) is 3.36. The Morgan fingerprint density at radius 2 is 1.68 bits per heavy atom. The fourth-order valence-electron chi connectivity index (χ4n) is 2.48. The molecule has 3 aromatic carbocycles. The molecule has 0 atom stereocenters. The lowest BCUT2D eigenvalue weighted by atomic mass is 9.95. The molecule has 0 heterocycles. The van der Waals surface area contributed by atoms with Crippen LogP contribution in [0.4, 0.5) is 13.2 Å². The SMILES string of the molecule is O=C(O)c1cc2ccc(Br)cc2c2cc(C(F)(F)F)ccc12. The summed E-state index contributed by atoms with van der Waals surface area (Å²) in [6.45, 7) is 0. The fraction of sp³-hybridized carbons (Fsp3) is 0.0625. The second kappa shape index (κ2) is 4.98. The lowest BCUT2D eigenvalue weighted by Crippen LogP contribution is -2.05. The van der Waals surface area contributed by atoms with Crippen LogP contribution >= 0.6 is 15.9 Å². The third kappa shape index (κ3) is 2.43. The van der Waals surface area contributed by atoms with Gasteiger partial charge in [-0.3, -0.25) is 0 Å². The van der Waals surface area contributed by atoms with Crippen molar-refractivity contribution in [1.82, 2.24) is 0 Å². The number of alkyl halides is 3. The predicted octanol–water partition coefficient (Wildman–Crippen LogP) is 5.47. The third-order valence-electron chi connectivity index (χ3n) is 3.47. The molecule has 0 aromatic heterocycles. The molecule has 0 aliphatic rings. The zero-order chi connectivity index (χ0) is 16.1. The van der Waals surface area contributed by atoms with Gasteiger partial charge in [-0.25, -0.2) is 4.79 Å². The van der Waals surface area contributed by atoms with Crippen molar-refractivity contribution in [3.63, 3.8) is 0 Å². The van der Waals surface area contributed by atoms with Gasteiger partial charge in [-0.2, -0.15) is 13.2 Å². The Balaban J connectivity index is 2.50. The average molecular weight is 369 g/mol. The topological polar surface area (TPSA) is 37.3 Å². The van der Waals surface area contributed by atoms with Crippen molar-refractivity contribution in [3.8, 4) is 0 Å². The number of aromatic carboxylic acids is 1. The summed E-state index contributed by atoms with van der Waals surface area (Å²) in [6, 6.07) is 9.65. The highest BCUT2D eigenvalue weighted by atomic mass is 79.9. The smallest absolute Gasteiger partial charge is 0.416 e. The summed E-state index contributed by atoms with van der Waals surface area (Å²) in [5, 5.41) is 11.0. The first-order valence-corrected chi connectivity index (χ1v) is 7.03. The first kappa shape index (κ1) is 14.8. The molecule has 2 nitrogen and oxygen atoms in total. The maximum atomic E-state index is 12.9. The van der Waals surface area contributed by atoms with Crippen LogP contribution in [0.2, 0.25) is 0 Å². The van der Waals surface area contributed by atoms with Crippen LogP contribution in [0, 0.1) is 0 Å². The van der Waals surface area contributed by atoms with Gasteiger partial charge in [-0.1, -0.05) is 28.1 Å². The van der Waals surface area contributed by atoms with Crippen molar-refractivity contribution < 1.29 is 23.1 Å². The second-order valence-corrected chi connectivity index (χ2v) is 5.77. The number of hydrogen-bond acceptors (Lipinski definition) is 1. The Morgan fingerprint density at radius 1 is 0.955 bits per heavy atom. The van der Waals surface area contributed by atoms with Gasteiger partial charge in [0.25, 0.3) is 0 Å². The highest BCUT2D eigenvalue weighted by molar-refractivity contribution is 9.10. The summed E-state index contributed by atoms with van der Waals surface area (Å²) in [7, 11) is 0. The molecule has 0 fully saturated rings. The zero-order valence-electron chi connectivity index (χ0n) is 10.9. The molecule has 22 heavy (non-hydrogen) atoms. The number of carboxylic acids is 1. The molecule has 0 spiro atoms. The molecule has 0 aliphatic heterocycles. The first-order valence-electron chi connectivity index (χ1n) is 6.24. The van der Waals surface area contributed by atoms with Gasteiger partial charge < -0.3 is 5.11 Å². The molecule has 0 bridgehead atoms. The van der Waals surface area contributed by atoms with Gasteiger partial charge in [0, 0.05) is 4.47 Å². The van der Waals surface area contributed by atoms with Crippen LogP contribution in [0.25, 0.3) is 21.5 Å². The first-order chi connectivity index (χ1) is 10.3. The number of carboxylic acid groups (broad SMARTS) is 1. The van der Waals surface area contributed by atoms with Gasteiger partial charge in [-0.05, 0) is 51.9 Å². The van der Waals surface area contributed by atoms with Crippen LogP contribution < -0.4 is 0 Å². The lowest BCUT2D eigenvalue weighted by Gasteiger charge is -2.12. The van der Waals surface area contributed by atoms with Gasteiger partial charge in [0.05, 0.1) is 11.1 Å². The molecule has 1 N–H and O–H groups in total. The minimum Gasteiger partial charge on any atom is -0.478 e. The van der Waals surface area contributed by atoms with E-state index in [9.17, 15) is 23.1 Å². The summed E-state index contributed by atoms with van der Waals surface area (Å²) in [6.07, 6.45) is -4.48. The van der Waals surface area contributed by atoms with Crippen molar-refractivity contribution in [1.29, 1.82) is 0 Å². The molecule has 0 saturated heterocycles. The molecule has 3 rings (SSSR count). The van der Waals surface area contributed by atoms with E-state index in [1.165, 1.54) is 12.1 Å². The van der Waals surface area contributed by atoms with Crippen LogP contribution in [0.15, 0.2) is 46.9 Å². The van der Waals surface area contributed by atoms with Gasteiger partial charge in [-0.15, -0.1) is 0 Å². The number of rotatable bonds is 1. The van der Waals surface area contributed by atoms with E-state index in [0.29, 0.717) is 15.2 Å². The molecule has 0 unspecified atom stereocenters. The van der Waals surface area contributed by atoms with Crippen molar-refractivity contribution in [3.05, 3.63) is 58.1 Å². The monoisotopic (exact) mass is 368 g/mol. The number of carbonyl (C=O) groups is 1. The largest absolute Gasteiger partial charge is 0.478 e. The van der Waals surface area contributed by atoms with E-state index < -0.39 is 17.7 Å². The quantitative estimate of drug-likeness (QED) is 0.578.